The summed E-state index contributed by atoms with van der Waals surface area (Å²) in [5, 5.41) is 2.98. The second kappa shape index (κ2) is 12.1. The maximum absolute atomic E-state index is 14.1. The van der Waals surface area contributed by atoms with E-state index in [0.717, 1.165) is 39.1 Å². The number of thiazole rings is 1. The molecule has 3 heterocycles. The molecule has 2 aliphatic heterocycles. The fraction of sp³-hybridized carbons (Fsp3) is 0.219. The van der Waals surface area contributed by atoms with Gasteiger partial charge >= 0.3 is 10.8 Å². The molecule has 0 spiro atoms. The van der Waals surface area contributed by atoms with E-state index in [9.17, 15) is 24.0 Å². The van der Waals surface area contributed by atoms with E-state index in [1.54, 1.807) is 49.4 Å². The molecule has 44 heavy (non-hydrogen) atoms. The zero-order valence-electron chi connectivity index (χ0n) is 23.6. The van der Waals surface area contributed by atoms with E-state index >= 15 is 0 Å². The van der Waals surface area contributed by atoms with Gasteiger partial charge in [-0.3, -0.25) is 23.7 Å². The van der Waals surface area contributed by atoms with Crippen molar-refractivity contribution in [2.24, 2.45) is 5.92 Å². The number of thioether (sulfide) groups is 1. The van der Waals surface area contributed by atoms with Crippen molar-refractivity contribution >= 4 is 69.8 Å². The monoisotopic (exact) mass is 647 g/mol. The molecule has 3 amide bonds. The average molecular weight is 648 g/mol. The standard InChI is InChI=1S/C32H26ClN3O6S2/c1-3-42-31(40)19-9-13-22(14-10-19)36-28(38)25-24(18-7-11-20(33)12-8-18)27-30(43-26(25)29(36)39)35(32(41)44-27)16-23(37)34-21-6-4-5-17(2)15-21/h4-15,24-26H,3,16H2,1-2H3,(H,34,37)/t24-,25-,26+/m0/s1. The first kappa shape index (κ1) is 29.9. The van der Waals surface area contributed by atoms with Crippen LogP contribution in [0.25, 0.3) is 0 Å². The van der Waals surface area contributed by atoms with Crippen LogP contribution in [0.5, 0.6) is 0 Å². The zero-order valence-corrected chi connectivity index (χ0v) is 26.0. The van der Waals surface area contributed by atoms with Crippen LogP contribution in [0.2, 0.25) is 5.02 Å². The molecule has 12 heteroatoms. The lowest BCUT2D eigenvalue weighted by molar-refractivity contribution is -0.122. The van der Waals surface area contributed by atoms with Crippen LogP contribution in [0, 0.1) is 12.8 Å². The van der Waals surface area contributed by atoms with E-state index < -0.39 is 34.9 Å². The van der Waals surface area contributed by atoms with E-state index in [2.05, 4.69) is 5.32 Å². The number of hydrogen-bond acceptors (Lipinski definition) is 8. The number of carbonyl (C=O) groups is 4. The normalized spacial score (nSPS) is 19.0. The summed E-state index contributed by atoms with van der Waals surface area (Å²) in [6.45, 7) is 3.59. The molecule has 4 aromatic rings. The lowest BCUT2D eigenvalue weighted by Gasteiger charge is -2.30. The number of halogens is 1. The lowest BCUT2D eigenvalue weighted by Crippen LogP contribution is -2.33. The van der Waals surface area contributed by atoms with Gasteiger partial charge in [-0.15, -0.1) is 0 Å². The largest absolute Gasteiger partial charge is 0.462 e. The summed E-state index contributed by atoms with van der Waals surface area (Å²) >= 11 is 8.28. The Morgan fingerprint density at radius 1 is 0.977 bits per heavy atom. The van der Waals surface area contributed by atoms with Crippen LogP contribution in [0.3, 0.4) is 0 Å². The van der Waals surface area contributed by atoms with Crippen molar-refractivity contribution in [1.82, 2.24) is 4.57 Å². The first-order chi connectivity index (χ1) is 21.2. The molecule has 3 atom stereocenters. The van der Waals surface area contributed by atoms with E-state index in [4.69, 9.17) is 16.3 Å². The predicted octanol–water partition coefficient (Wildman–Crippen LogP) is 5.48. The fourth-order valence-corrected chi connectivity index (χ4v) is 8.47. The van der Waals surface area contributed by atoms with Crippen molar-refractivity contribution in [3.8, 4) is 0 Å². The van der Waals surface area contributed by atoms with Gasteiger partial charge < -0.3 is 10.1 Å². The van der Waals surface area contributed by atoms with Gasteiger partial charge in [0.25, 0.3) is 0 Å². The van der Waals surface area contributed by atoms with Crippen molar-refractivity contribution in [1.29, 1.82) is 0 Å². The maximum Gasteiger partial charge on any atom is 0.338 e. The quantitative estimate of drug-likeness (QED) is 0.209. The summed E-state index contributed by atoms with van der Waals surface area (Å²) in [4.78, 5) is 67.9. The Labute approximate surface area is 265 Å². The molecule has 224 valence electrons. The zero-order chi connectivity index (χ0) is 31.1. The number of esters is 1. The summed E-state index contributed by atoms with van der Waals surface area (Å²) in [6.07, 6.45) is 0. The number of anilines is 2. The number of imide groups is 1. The summed E-state index contributed by atoms with van der Waals surface area (Å²) in [5.41, 5.74) is 2.95. The number of hydrogen-bond donors (Lipinski definition) is 1. The molecular formula is C32H26ClN3O6S2. The minimum absolute atomic E-state index is 0.221. The third-order valence-electron chi connectivity index (χ3n) is 7.52. The Kier molecular flexibility index (Phi) is 8.19. The van der Waals surface area contributed by atoms with Gasteiger partial charge in [0.15, 0.2) is 0 Å². The first-order valence-corrected chi connectivity index (χ1v) is 15.9. The summed E-state index contributed by atoms with van der Waals surface area (Å²) < 4.78 is 6.42. The van der Waals surface area contributed by atoms with Crippen molar-refractivity contribution in [3.05, 3.63) is 109 Å². The number of nitrogens with one attached hydrogen (secondary N) is 1. The molecule has 1 N–H and O–H groups in total. The Morgan fingerprint density at radius 3 is 2.39 bits per heavy atom. The number of benzene rings is 3. The molecular weight excluding hydrogens is 622 g/mol. The molecule has 6 rings (SSSR count). The molecule has 1 aromatic heterocycles. The molecule has 2 aliphatic rings. The highest BCUT2D eigenvalue weighted by Gasteiger charge is 2.56. The van der Waals surface area contributed by atoms with Crippen molar-refractivity contribution in [3.63, 3.8) is 0 Å². The van der Waals surface area contributed by atoms with E-state index in [1.165, 1.54) is 16.7 Å². The van der Waals surface area contributed by atoms with Crippen molar-refractivity contribution in [2.45, 2.75) is 36.6 Å². The number of aryl methyl sites for hydroxylation is 1. The van der Waals surface area contributed by atoms with Crippen LogP contribution >= 0.6 is 34.7 Å². The van der Waals surface area contributed by atoms with Crippen molar-refractivity contribution < 1.29 is 23.9 Å². The van der Waals surface area contributed by atoms with Gasteiger partial charge in [0, 0.05) is 21.5 Å². The van der Waals surface area contributed by atoms with Gasteiger partial charge in [0.1, 0.15) is 11.8 Å². The van der Waals surface area contributed by atoms with Crippen LogP contribution in [0.4, 0.5) is 11.4 Å². The number of aromatic nitrogens is 1. The van der Waals surface area contributed by atoms with Gasteiger partial charge in [-0.1, -0.05) is 59.0 Å². The van der Waals surface area contributed by atoms with Gasteiger partial charge in [-0.05, 0) is 73.5 Å². The van der Waals surface area contributed by atoms with Gasteiger partial charge in [-0.2, -0.15) is 0 Å². The number of rotatable bonds is 7. The smallest absolute Gasteiger partial charge is 0.338 e. The molecule has 0 unspecified atom stereocenters. The molecule has 9 nitrogen and oxygen atoms in total. The summed E-state index contributed by atoms with van der Waals surface area (Å²) in [6, 6.07) is 20.4. The first-order valence-electron chi connectivity index (χ1n) is 13.8. The van der Waals surface area contributed by atoms with Crippen LogP contribution in [0.15, 0.2) is 82.6 Å². The van der Waals surface area contributed by atoms with Crippen LogP contribution < -0.4 is 15.1 Å². The molecule has 0 aliphatic carbocycles. The number of fused-ring (bicyclic) bond motifs is 2. The Balaban J connectivity index is 1.37. The molecule has 0 saturated carbocycles. The maximum atomic E-state index is 14.1. The van der Waals surface area contributed by atoms with E-state index in [1.807, 2.05) is 25.1 Å². The topological polar surface area (TPSA) is 115 Å². The highest BCUT2D eigenvalue weighted by molar-refractivity contribution is 8.00. The number of nitrogens with zero attached hydrogens (tertiary/aromatic N) is 2. The van der Waals surface area contributed by atoms with Crippen molar-refractivity contribution in [2.75, 3.05) is 16.8 Å². The Morgan fingerprint density at radius 2 is 1.70 bits per heavy atom. The third-order valence-corrected chi connectivity index (χ3v) is 10.4. The average Bonchev–Trinajstić information content (AvgIpc) is 3.44. The molecule has 0 bridgehead atoms. The Hall–Kier alpha value is -4.19. The van der Waals surface area contributed by atoms with Crippen LogP contribution in [-0.4, -0.2) is 40.1 Å². The van der Waals surface area contributed by atoms with Gasteiger partial charge in [0.05, 0.1) is 28.8 Å². The second-order valence-corrected chi connectivity index (χ2v) is 13.0. The van der Waals surface area contributed by atoms with E-state index in [0.29, 0.717) is 31.9 Å². The molecule has 1 saturated heterocycles. The highest BCUT2D eigenvalue weighted by atomic mass is 35.5. The summed E-state index contributed by atoms with van der Waals surface area (Å²) in [5.74, 6) is -3.16. The van der Waals surface area contributed by atoms with Crippen LogP contribution in [0.1, 0.15) is 39.2 Å². The number of amides is 3. The lowest BCUT2D eigenvalue weighted by atomic mass is 9.83. The van der Waals surface area contributed by atoms with Gasteiger partial charge in [-0.25, -0.2) is 9.69 Å². The third kappa shape index (κ3) is 5.47. The Bertz CT molecular complexity index is 1850. The predicted molar refractivity (Wildman–Crippen MR) is 170 cm³/mol. The van der Waals surface area contributed by atoms with Gasteiger partial charge in [0.2, 0.25) is 17.7 Å². The van der Waals surface area contributed by atoms with E-state index in [-0.39, 0.29) is 23.9 Å². The fourth-order valence-electron chi connectivity index (χ4n) is 5.57. The highest BCUT2D eigenvalue weighted by Crippen LogP contribution is 2.54. The second-order valence-electron chi connectivity index (χ2n) is 10.4. The molecule has 0 radical (unpaired) electrons. The minimum Gasteiger partial charge on any atom is -0.462 e. The minimum atomic E-state index is -0.847. The summed E-state index contributed by atoms with van der Waals surface area (Å²) in [7, 11) is 0. The molecule has 1 fully saturated rings. The SMILES string of the molecule is CCOC(=O)c1ccc(N2C(=O)[C@H]3[C@H](c4ccc(Cl)cc4)c4sc(=O)n(CC(=O)Nc5cccc(C)c5)c4S[C@H]3C2=O)cc1. The molecule has 3 aromatic carbocycles. The number of ether oxygens (including phenoxy) is 1. The number of carbonyl (C=O) groups excluding carboxylic acids is 4. The van der Waals surface area contributed by atoms with Crippen LogP contribution in [-0.2, 0) is 25.7 Å².